The molecule has 4 rings (SSSR count). The van der Waals surface area contributed by atoms with Crippen LogP contribution in [0.25, 0.3) is 5.65 Å². The predicted octanol–water partition coefficient (Wildman–Crippen LogP) is 4.15. The number of hydrogen-bond donors (Lipinski definition) is 1. The highest BCUT2D eigenvalue weighted by Crippen LogP contribution is 2.36. The predicted molar refractivity (Wildman–Crippen MR) is 99.2 cm³/mol. The molecule has 1 amide bonds. The van der Waals surface area contributed by atoms with Crippen molar-refractivity contribution in [2.24, 2.45) is 0 Å². The fourth-order valence-electron chi connectivity index (χ4n) is 2.49. The van der Waals surface area contributed by atoms with Gasteiger partial charge in [0.05, 0.1) is 10.0 Å². The Morgan fingerprint density at radius 1 is 1.24 bits per heavy atom. The lowest BCUT2D eigenvalue weighted by molar-refractivity contribution is -0.120. The second kappa shape index (κ2) is 6.86. The molecule has 2 heterocycles. The maximum absolute atomic E-state index is 12.7. The van der Waals surface area contributed by atoms with Gasteiger partial charge in [0.1, 0.15) is 5.25 Å². The summed E-state index contributed by atoms with van der Waals surface area (Å²) in [5, 5.41) is 12.4. The number of halogens is 2. The Kier molecular flexibility index (Phi) is 4.58. The first-order valence-corrected chi connectivity index (χ1v) is 9.47. The molecule has 1 aromatic carbocycles. The summed E-state index contributed by atoms with van der Waals surface area (Å²) in [4.78, 5) is 12.7. The molecule has 1 N–H and O–H groups in total. The average Bonchev–Trinajstić information content (AvgIpc) is 3.32. The number of hydrogen-bond acceptors (Lipinski definition) is 4. The summed E-state index contributed by atoms with van der Waals surface area (Å²) >= 11 is 13.6. The van der Waals surface area contributed by atoms with Crippen LogP contribution in [0.3, 0.4) is 0 Å². The summed E-state index contributed by atoms with van der Waals surface area (Å²) in [7, 11) is 0. The number of thioether (sulfide) groups is 1. The lowest BCUT2D eigenvalue weighted by Crippen LogP contribution is -2.29. The Labute approximate surface area is 158 Å². The van der Waals surface area contributed by atoms with Gasteiger partial charge in [-0.1, -0.05) is 65.3 Å². The van der Waals surface area contributed by atoms with Crippen LogP contribution >= 0.6 is 35.0 Å². The first-order valence-electron chi connectivity index (χ1n) is 7.83. The van der Waals surface area contributed by atoms with Crippen molar-refractivity contribution in [3.05, 3.63) is 58.2 Å². The fourth-order valence-corrected chi connectivity index (χ4v) is 4.02. The van der Waals surface area contributed by atoms with E-state index < -0.39 is 5.25 Å². The van der Waals surface area contributed by atoms with E-state index in [1.807, 2.05) is 30.3 Å². The van der Waals surface area contributed by atoms with Crippen molar-refractivity contribution in [1.82, 2.24) is 19.9 Å². The maximum Gasteiger partial charge on any atom is 0.238 e. The summed E-state index contributed by atoms with van der Waals surface area (Å²) in [6, 6.07) is 11.6. The van der Waals surface area contributed by atoms with Gasteiger partial charge in [-0.2, -0.15) is 0 Å². The highest BCUT2D eigenvalue weighted by molar-refractivity contribution is 8.00. The van der Waals surface area contributed by atoms with Crippen molar-refractivity contribution in [3.8, 4) is 0 Å². The zero-order valence-electron chi connectivity index (χ0n) is 13.0. The molecule has 1 atom stereocenters. The number of aromatic nitrogens is 3. The molecule has 8 heteroatoms. The second-order valence-electron chi connectivity index (χ2n) is 5.87. The molecule has 1 aliphatic carbocycles. The van der Waals surface area contributed by atoms with Crippen LogP contribution in [0.15, 0.2) is 47.8 Å². The zero-order valence-corrected chi connectivity index (χ0v) is 15.4. The van der Waals surface area contributed by atoms with Gasteiger partial charge >= 0.3 is 0 Å². The Hall–Kier alpha value is -1.76. The van der Waals surface area contributed by atoms with E-state index >= 15 is 0 Å². The molecule has 5 nitrogen and oxygen atoms in total. The molecule has 1 saturated carbocycles. The molecule has 0 unspecified atom stereocenters. The van der Waals surface area contributed by atoms with E-state index in [0.717, 1.165) is 18.4 Å². The van der Waals surface area contributed by atoms with Crippen LogP contribution < -0.4 is 5.32 Å². The number of carbonyl (C=O) groups excluding carboxylic acids is 1. The fraction of sp³-hybridized carbons (Fsp3) is 0.235. The molecule has 25 heavy (non-hydrogen) atoms. The molecule has 0 spiro atoms. The van der Waals surface area contributed by atoms with Gasteiger partial charge in [0.25, 0.3) is 0 Å². The van der Waals surface area contributed by atoms with E-state index in [1.54, 1.807) is 16.7 Å². The van der Waals surface area contributed by atoms with Crippen molar-refractivity contribution in [2.45, 2.75) is 29.3 Å². The highest BCUT2D eigenvalue weighted by atomic mass is 35.5. The minimum absolute atomic E-state index is 0.0245. The lowest BCUT2D eigenvalue weighted by Gasteiger charge is -2.16. The molecule has 0 aliphatic heterocycles. The molecule has 0 saturated heterocycles. The number of pyridine rings is 1. The number of fused-ring (bicyclic) bond motifs is 1. The Bertz CT molecular complexity index is 927. The third kappa shape index (κ3) is 3.61. The molecular weight excluding hydrogens is 379 g/mol. The van der Waals surface area contributed by atoms with Crippen LogP contribution in [0.2, 0.25) is 10.0 Å². The van der Waals surface area contributed by atoms with E-state index in [2.05, 4.69) is 15.5 Å². The molecule has 3 aromatic rings. The standard InChI is InChI=1S/C17H14Cl2N4OS/c18-11-8-13(19)15-21-22-17(23(15)9-11)25-14(10-4-2-1-3-5-10)16(24)20-12-6-7-12/h1-5,8-9,12,14H,6-7H2,(H,20,24)/t14-/m1/s1. The first-order chi connectivity index (χ1) is 12.1. The number of amides is 1. The molecule has 0 radical (unpaired) electrons. The summed E-state index contributed by atoms with van der Waals surface area (Å²) in [6.07, 6.45) is 3.78. The summed E-state index contributed by atoms with van der Waals surface area (Å²) in [6.45, 7) is 0. The molecule has 128 valence electrons. The Morgan fingerprint density at radius 2 is 2.00 bits per heavy atom. The monoisotopic (exact) mass is 392 g/mol. The highest BCUT2D eigenvalue weighted by Gasteiger charge is 2.30. The van der Waals surface area contributed by atoms with Gasteiger partial charge in [-0.3, -0.25) is 9.20 Å². The van der Waals surface area contributed by atoms with Crippen molar-refractivity contribution >= 4 is 46.5 Å². The van der Waals surface area contributed by atoms with Crippen LogP contribution in [-0.2, 0) is 4.79 Å². The van der Waals surface area contributed by atoms with Crippen molar-refractivity contribution < 1.29 is 4.79 Å². The lowest BCUT2D eigenvalue weighted by atomic mass is 10.1. The van der Waals surface area contributed by atoms with Crippen molar-refractivity contribution in [2.75, 3.05) is 0 Å². The third-order valence-electron chi connectivity index (χ3n) is 3.88. The normalized spacial score (nSPS) is 15.3. The number of nitrogens with zero attached hydrogens (tertiary/aromatic N) is 3. The molecule has 1 fully saturated rings. The summed E-state index contributed by atoms with van der Waals surface area (Å²) in [5.74, 6) is -0.0245. The Balaban J connectivity index is 1.70. The van der Waals surface area contributed by atoms with Gasteiger partial charge in [-0.25, -0.2) is 0 Å². The van der Waals surface area contributed by atoms with Crippen LogP contribution in [-0.4, -0.2) is 26.5 Å². The third-order valence-corrected chi connectivity index (χ3v) is 5.58. The van der Waals surface area contributed by atoms with E-state index in [9.17, 15) is 4.79 Å². The van der Waals surface area contributed by atoms with Gasteiger partial charge < -0.3 is 5.32 Å². The number of rotatable bonds is 5. The molecule has 0 bridgehead atoms. The van der Waals surface area contributed by atoms with E-state index in [-0.39, 0.29) is 5.91 Å². The van der Waals surface area contributed by atoms with Gasteiger partial charge in [0.2, 0.25) is 5.91 Å². The van der Waals surface area contributed by atoms with E-state index in [1.165, 1.54) is 11.8 Å². The molecule has 1 aliphatic rings. The number of nitrogens with one attached hydrogen (secondary N) is 1. The average molecular weight is 393 g/mol. The van der Waals surface area contributed by atoms with Gasteiger partial charge in [-0.15, -0.1) is 10.2 Å². The van der Waals surface area contributed by atoms with Crippen molar-refractivity contribution in [1.29, 1.82) is 0 Å². The van der Waals surface area contributed by atoms with Gasteiger partial charge in [-0.05, 0) is 24.5 Å². The SMILES string of the molecule is O=C(NC1CC1)[C@H](Sc1nnc2c(Cl)cc(Cl)cn12)c1ccccc1. The quantitative estimate of drug-likeness (QED) is 0.662. The first kappa shape index (κ1) is 16.7. The minimum Gasteiger partial charge on any atom is -0.352 e. The summed E-state index contributed by atoms with van der Waals surface area (Å²) in [5.41, 5.74) is 1.43. The van der Waals surface area contributed by atoms with Crippen LogP contribution in [0, 0.1) is 0 Å². The van der Waals surface area contributed by atoms with Crippen molar-refractivity contribution in [3.63, 3.8) is 0 Å². The van der Waals surface area contributed by atoms with E-state index in [4.69, 9.17) is 23.2 Å². The maximum atomic E-state index is 12.7. The van der Waals surface area contributed by atoms with Gasteiger partial charge in [0.15, 0.2) is 10.8 Å². The minimum atomic E-state index is -0.424. The van der Waals surface area contributed by atoms with Crippen LogP contribution in [0.5, 0.6) is 0 Å². The zero-order chi connectivity index (χ0) is 17.4. The molecular formula is C17H14Cl2N4OS. The number of benzene rings is 1. The Morgan fingerprint density at radius 3 is 2.72 bits per heavy atom. The second-order valence-corrected chi connectivity index (χ2v) is 7.79. The van der Waals surface area contributed by atoms with Gasteiger partial charge in [0, 0.05) is 12.2 Å². The largest absolute Gasteiger partial charge is 0.352 e. The topological polar surface area (TPSA) is 59.3 Å². The summed E-state index contributed by atoms with van der Waals surface area (Å²) < 4.78 is 1.72. The molecule has 2 aromatic heterocycles. The van der Waals surface area contributed by atoms with E-state index in [0.29, 0.717) is 26.9 Å². The smallest absolute Gasteiger partial charge is 0.238 e. The van der Waals surface area contributed by atoms with Crippen LogP contribution in [0.1, 0.15) is 23.7 Å². The number of carbonyl (C=O) groups is 1. The van der Waals surface area contributed by atoms with Crippen LogP contribution in [0.4, 0.5) is 0 Å².